The maximum atomic E-state index is 12.4. The monoisotopic (exact) mass is 352 g/mol. The molecule has 0 aliphatic rings. The summed E-state index contributed by atoms with van der Waals surface area (Å²) in [7, 11) is 1.69. The Morgan fingerprint density at radius 3 is 2.65 bits per heavy atom. The Hall–Kier alpha value is -2.79. The predicted octanol–water partition coefficient (Wildman–Crippen LogP) is 4.00. The molecule has 0 fully saturated rings. The number of anilines is 1. The lowest BCUT2D eigenvalue weighted by Crippen LogP contribution is -2.30. The fourth-order valence-corrected chi connectivity index (χ4v) is 2.78. The first-order valence-corrected chi connectivity index (χ1v) is 8.69. The van der Waals surface area contributed by atoms with E-state index >= 15 is 0 Å². The van der Waals surface area contributed by atoms with E-state index in [-0.39, 0.29) is 5.91 Å². The minimum atomic E-state index is -0.584. The van der Waals surface area contributed by atoms with Crippen LogP contribution in [0.2, 0.25) is 0 Å². The molecule has 1 amide bonds. The molecule has 1 unspecified atom stereocenters. The van der Waals surface area contributed by atoms with Gasteiger partial charge in [0, 0.05) is 36.4 Å². The summed E-state index contributed by atoms with van der Waals surface area (Å²) in [6.07, 6.45) is 1.44. The molecule has 3 rings (SSSR count). The topological polar surface area (TPSA) is 52.5 Å². The van der Waals surface area contributed by atoms with Gasteiger partial charge >= 0.3 is 0 Å². The number of fused-ring (bicyclic) bond motifs is 1. The van der Waals surface area contributed by atoms with E-state index < -0.39 is 6.10 Å². The minimum absolute atomic E-state index is 0.177. The minimum Gasteiger partial charge on any atom is -0.481 e. The molecule has 1 heterocycles. The molecule has 136 valence electrons. The SMILES string of the molecule is COCCn1ccc2cc(NC(=O)C(C)Oc3ccc(C)cc3)ccc21. The normalized spacial score (nSPS) is 12.1. The number of methoxy groups -OCH3 is 1. The maximum absolute atomic E-state index is 12.4. The Kier molecular flexibility index (Phi) is 5.58. The zero-order valence-corrected chi connectivity index (χ0v) is 15.4. The summed E-state index contributed by atoms with van der Waals surface area (Å²) in [5, 5.41) is 4.00. The second kappa shape index (κ2) is 8.06. The van der Waals surface area contributed by atoms with Crippen molar-refractivity contribution >= 4 is 22.5 Å². The van der Waals surface area contributed by atoms with Gasteiger partial charge in [0.25, 0.3) is 5.91 Å². The fourth-order valence-electron chi connectivity index (χ4n) is 2.78. The van der Waals surface area contributed by atoms with Gasteiger partial charge in [0.05, 0.1) is 6.61 Å². The summed E-state index contributed by atoms with van der Waals surface area (Å²) >= 11 is 0. The number of aryl methyl sites for hydroxylation is 1. The quantitative estimate of drug-likeness (QED) is 0.699. The molecule has 0 saturated carbocycles. The molecule has 26 heavy (non-hydrogen) atoms. The Morgan fingerprint density at radius 2 is 1.92 bits per heavy atom. The van der Waals surface area contributed by atoms with Crippen LogP contribution in [0.4, 0.5) is 5.69 Å². The summed E-state index contributed by atoms with van der Waals surface area (Å²) in [5.41, 5.74) is 3.02. The van der Waals surface area contributed by atoms with Crippen LogP contribution in [0.25, 0.3) is 10.9 Å². The molecule has 3 aromatic rings. The van der Waals surface area contributed by atoms with Crippen molar-refractivity contribution in [3.63, 3.8) is 0 Å². The van der Waals surface area contributed by atoms with E-state index in [2.05, 4.69) is 9.88 Å². The van der Waals surface area contributed by atoms with Crippen molar-refractivity contribution in [1.29, 1.82) is 0 Å². The van der Waals surface area contributed by atoms with Crippen LogP contribution in [0.3, 0.4) is 0 Å². The smallest absolute Gasteiger partial charge is 0.265 e. The molecule has 1 N–H and O–H groups in total. The third-order valence-corrected chi connectivity index (χ3v) is 4.28. The summed E-state index contributed by atoms with van der Waals surface area (Å²) in [6, 6.07) is 15.6. The number of ether oxygens (including phenoxy) is 2. The van der Waals surface area contributed by atoms with E-state index in [1.165, 1.54) is 0 Å². The van der Waals surface area contributed by atoms with Gasteiger partial charge in [0.1, 0.15) is 5.75 Å². The van der Waals surface area contributed by atoms with Gasteiger partial charge < -0.3 is 19.4 Å². The van der Waals surface area contributed by atoms with Gasteiger partial charge in [-0.2, -0.15) is 0 Å². The third-order valence-electron chi connectivity index (χ3n) is 4.28. The molecule has 2 aromatic carbocycles. The van der Waals surface area contributed by atoms with Gasteiger partial charge in [-0.05, 0) is 50.2 Å². The number of hydrogen-bond acceptors (Lipinski definition) is 3. The first kappa shape index (κ1) is 18.0. The Balaban J connectivity index is 1.65. The highest BCUT2D eigenvalue weighted by molar-refractivity contribution is 5.96. The molecule has 0 spiro atoms. The zero-order chi connectivity index (χ0) is 18.5. The number of rotatable bonds is 7. The second-order valence-corrected chi connectivity index (χ2v) is 6.34. The second-order valence-electron chi connectivity index (χ2n) is 6.34. The van der Waals surface area contributed by atoms with Crippen molar-refractivity contribution in [1.82, 2.24) is 4.57 Å². The lowest BCUT2D eigenvalue weighted by molar-refractivity contribution is -0.122. The highest BCUT2D eigenvalue weighted by Crippen LogP contribution is 2.21. The molecule has 5 heteroatoms. The van der Waals surface area contributed by atoms with Crippen LogP contribution in [0.5, 0.6) is 5.75 Å². The van der Waals surface area contributed by atoms with Gasteiger partial charge in [0.2, 0.25) is 0 Å². The number of nitrogens with zero attached hydrogens (tertiary/aromatic N) is 1. The third kappa shape index (κ3) is 4.24. The van der Waals surface area contributed by atoms with Crippen molar-refractivity contribution in [2.45, 2.75) is 26.5 Å². The van der Waals surface area contributed by atoms with Crippen LogP contribution in [0.15, 0.2) is 54.7 Å². The molecule has 0 saturated heterocycles. The Labute approximate surface area is 153 Å². The lowest BCUT2D eigenvalue weighted by atomic mass is 10.2. The molecule has 0 radical (unpaired) electrons. The number of hydrogen-bond donors (Lipinski definition) is 1. The molecule has 0 bridgehead atoms. The van der Waals surface area contributed by atoms with Crippen LogP contribution in [0.1, 0.15) is 12.5 Å². The molecular weight excluding hydrogens is 328 g/mol. The fraction of sp³-hybridized carbons (Fsp3) is 0.286. The molecule has 5 nitrogen and oxygen atoms in total. The summed E-state index contributed by atoms with van der Waals surface area (Å²) < 4.78 is 13.0. The summed E-state index contributed by atoms with van der Waals surface area (Å²) in [5.74, 6) is 0.507. The Bertz CT molecular complexity index is 884. The highest BCUT2D eigenvalue weighted by Gasteiger charge is 2.15. The molecule has 1 atom stereocenters. The highest BCUT2D eigenvalue weighted by atomic mass is 16.5. The van der Waals surface area contributed by atoms with E-state index in [0.29, 0.717) is 12.4 Å². The van der Waals surface area contributed by atoms with Crippen molar-refractivity contribution in [3.05, 3.63) is 60.3 Å². The van der Waals surface area contributed by atoms with Gasteiger partial charge in [-0.25, -0.2) is 0 Å². The van der Waals surface area contributed by atoms with Crippen molar-refractivity contribution in [2.75, 3.05) is 19.0 Å². The average Bonchev–Trinajstić information content (AvgIpc) is 3.04. The van der Waals surface area contributed by atoms with E-state index in [1.807, 2.05) is 61.7 Å². The first-order valence-electron chi connectivity index (χ1n) is 8.69. The van der Waals surface area contributed by atoms with Crippen molar-refractivity contribution in [2.24, 2.45) is 0 Å². The molecule has 0 aliphatic heterocycles. The van der Waals surface area contributed by atoms with Crippen LogP contribution in [0, 0.1) is 6.92 Å². The van der Waals surface area contributed by atoms with E-state index in [0.717, 1.165) is 28.7 Å². The van der Waals surface area contributed by atoms with Gasteiger partial charge in [-0.1, -0.05) is 17.7 Å². The van der Waals surface area contributed by atoms with Crippen molar-refractivity contribution < 1.29 is 14.3 Å². The van der Waals surface area contributed by atoms with Crippen LogP contribution in [-0.4, -0.2) is 30.3 Å². The van der Waals surface area contributed by atoms with E-state index in [9.17, 15) is 4.79 Å². The standard InChI is InChI=1S/C21H24N2O3/c1-15-4-7-19(8-5-15)26-16(2)21(24)22-18-6-9-20-17(14-18)10-11-23(20)12-13-25-3/h4-11,14,16H,12-13H2,1-3H3,(H,22,24). The van der Waals surface area contributed by atoms with Crippen LogP contribution >= 0.6 is 0 Å². The number of carbonyl (C=O) groups is 1. The Morgan fingerprint density at radius 1 is 1.15 bits per heavy atom. The average molecular weight is 352 g/mol. The maximum Gasteiger partial charge on any atom is 0.265 e. The van der Waals surface area contributed by atoms with E-state index in [4.69, 9.17) is 9.47 Å². The zero-order valence-electron chi connectivity index (χ0n) is 15.4. The molecular formula is C21H24N2O3. The summed E-state index contributed by atoms with van der Waals surface area (Å²) in [6.45, 7) is 5.22. The molecule has 0 aliphatic carbocycles. The van der Waals surface area contributed by atoms with Crippen LogP contribution < -0.4 is 10.1 Å². The lowest BCUT2D eigenvalue weighted by Gasteiger charge is -2.15. The number of nitrogens with one attached hydrogen (secondary N) is 1. The number of amides is 1. The van der Waals surface area contributed by atoms with E-state index in [1.54, 1.807) is 14.0 Å². The predicted molar refractivity (Wildman–Crippen MR) is 104 cm³/mol. The van der Waals surface area contributed by atoms with Crippen LogP contribution in [-0.2, 0) is 16.1 Å². The largest absolute Gasteiger partial charge is 0.481 e. The van der Waals surface area contributed by atoms with Gasteiger partial charge in [-0.3, -0.25) is 4.79 Å². The van der Waals surface area contributed by atoms with Gasteiger partial charge in [0.15, 0.2) is 6.10 Å². The summed E-state index contributed by atoms with van der Waals surface area (Å²) in [4.78, 5) is 12.4. The number of benzene rings is 2. The van der Waals surface area contributed by atoms with Crippen molar-refractivity contribution in [3.8, 4) is 5.75 Å². The number of carbonyl (C=O) groups excluding carboxylic acids is 1. The number of aromatic nitrogens is 1. The van der Waals surface area contributed by atoms with Gasteiger partial charge in [-0.15, -0.1) is 0 Å². The first-order chi connectivity index (χ1) is 12.6. The molecule has 1 aromatic heterocycles.